The molecule has 0 bridgehead atoms. The quantitative estimate of drug-likeness (QED) is 0.569. The molecule has 1 fully saturated rings. The van der Waals surface area contributed by atoms with Crippen molar-refractivity contribution in [3.63, 3.8) is 0 Å². The van der Waals surface area contributed by atoms with Crippen LogP contribution in [0.5, 0.6) is 0 Å². The van der Waals surface area contributed by atoms with Gasteiger partial charge in [0, 0.05) is 18.8 Å². The Kier molecular flexibility index (Phi) is 2.01. The molecule has 0 aromatic heterocycles. The number of allylic oxidation sites excluding steroid dienone is 1. The lowest BCUT2D eigenvalue weighted by atomic mass is 10.2. The van der Waals surface area contributed by atoms with Gasteiger partial charge >= 0.3 is 0 Å². The van der Waals surface area contributed by atoms with Gasteiger partial charge in [0.15, 0.2) is 0 Å². The second-order valence-electron chi connectivity index (χ2n) is 3.28. The Balaban J connectivity index is 1.96. The molecule has 2 heteroatoms. The van der Waals surface area contributed by atoms with Gasteiger partial charge in [-0.2, -0.15) is 0 Å². The van der Waals surface area contributed by atoms with Crippen LogP contribution in [0.15, 0.2) is 12.0 Å². The molecule has 2 rings (SSSR count). The van der Waals surface area contributed by atoms with E-state index < -0.39 is 0 Å². The Bertz CT molecular complexity index is 159. The van der Waals surface area contributed by atoms with Gasteiger partial charge in [-0.3, -0.25) is 0 Å². The van der Waals surface area contributed by atoms with Crippen LogP contribution in [0.1, 0.15) is 25.7 Å². The molecule has 0 aromatic carbocycles. The maximum absolute atomic E-state index is 5.29. The molecule has 1 saturated heterocycles. The molecule has 2 heterocycles. The second kappa shape index (κ2) is 3.16. The largest absolute Gasteiger partial charge is 0.499 e. The third-order valence-corrected chi connectivity index (χ3v) is 2.43. The van der Waals surface area contributed by atoms with Crippen molar-refractivity contribution >= 4 is 0 Å². The van der Waals surface area contributed by atoms with E-state index in [0.717, 1.165) is 6.61 Å². The summed E-state index contributed by atoms with van der Waals surface area (Å²) in [6.45, 7) is 3.40. The summed E-state index contributed by atoms with van der Waals surface area (Å²) in [6.07, 6.45) is 7.09. The van der Waals surface area contributed by atoms with Crippen molar-refractivity contribution in [2.45, 2.75) is 25.7 Å². The molecule has 0 spiro atoms. The lowest BCUT2D eigenvalue weighted by molar-refractivity contribution is 0.202. The van der Waals surface area contributed by atoms with E-state index >= 15 is 0 Å². The van der Waals surface area contributed by atoms with E-state index in [0.29, 0.717) is 0 Å². The van der Waals surface area contributed by atoms with Gasteiger partial charge in [0.2, 0.25) is 0 Å². The minimum Gasteiger partial charge on any atom is -0.499 e. The smallest absolute Gasteiger partial charge is 0.102 e. The van der Waals surface area contributed by atoms with Gasteiger partial charge in [-0.1, -0.05) is 0 Å². The van der Waals surface area contributed by atoms with Gasteiger partial charge in [0.25, 0.3) is 0 Å². The first-order valence-electron chi connectivity index (χ1n) is 4.52. The van der Waals surface area contributed by atoms with E-state index in [2.05, 4.69) is 4.90 Å². The van der Waals surface area contributed by atoms with Gasteiger partial charge in [-0.15, -0.1) is 0 Å². The van der Waals surface area contributed by atoms with Crippen molar-refractivity contribution in [2.75, 3.05) is 19.7 Å². The first kappa shape index (κ1) is 7.01. The molecule has 0 aromatic rings. The van der Waals surface area contributed by atoms with Gasteiger partial charge < -0.3 is 9.64 Å². The van der Waals surface area contributed by atoms with Crippen LogP contribution in [0, 0.1) is 0 Å². The predicted octanol–water partition coefficient (Wildman–Crippen LogP) is 1.73. The summed E-state index contributed by atoms with van der Waals surface area (Å²) in [5.74, 6) is 0. The van der Waals surface area contributed by atoms with Gasteiger partial charge in [0.1, 0.15) is 6.26 Å². The first-order chi connectivity index (χ1) is 5.47. The number of hydrogen-bond donors (Lipinski definition) is 0. The van der Waals surface area contributed by atoms with E-state index in [1.165, 1.54) is 44.5 Å². The van der Waals surface area contributed by atoms with E-state index in [9.17, 15) is 0 Å². The molecule has 0 N–H and O–H groups in total. The summed E-state index contributed by atoms with van der Waals surface area (Å²) in [4.78, 5) is 2.46. The second-order valence-corrected chi connectivity index (χ2v) is 3.28. The van der Waals surface area contributed by atoms with E-state index in [-0.39, 0.29) is 0 Å². The number of rotatable bonds is 1. The van der Waals surface area contributed by atoms with Crippen molar-refractivity contribution in [3.05, 3.63) is 12.0 Å². The van der Waals surface area contributed by atoms with Crippen LogP contribution in [0.2, 0.25) is 0 Å². The van der Waals surface area contributed by atoms with Crippen molar-refractivity contribution in [1.82, 2.24) is 4.90 Å². The SMILES string of the molecule is C1=C(N2CCCC2)CCCO1. The summed E-state index contributed by atoms with van der Waals surface area (Å²) in [5, 5.41) is 0. The van der Waals surface area contributed by atoms with Crippen LogP contribution < -0.4 is 0 Å². The van der Waals surface area contributed by atoms with Crippen molar-refractivity contribution in [1.29, 1.82) is 0 Å². The molecule has 0 unspecified atom stereocenters. The third-order valence-electron chi connectivity index (χ3n) is 2.43. The van der Waals surface area contributed by atoms with Gasteiger partial charge in [-0.05, 0) is 25.7 Å². The fourth-order valence-electron chi connectivity index (χ4n) is 1.79. The number of nitrogens with zero attached hydrogens (tertiary/aromatic N) is 1. The molecule has 2 aliphatic heterocycles. The Morgan fingerprint density at radius 3 is 2.64 bits per heavy atom. The summed E-state index contributed by atoms with van der Waals surface area (Å²) in [6, 6.07) is 0. The Labute approximate surface area is 67.8 Å². The van der Waals surface area contributed by atoms with E-state index in [1.54, 1.807) is 0 Å². The fourth-order valence-corrected chi connectivity index (χ4v) is 1.79. The van der Waals surface area contributed by atoms with Crippen molar-refractivity contribution < 1.29 is 4.74 Å². The number of hydrogen-bond acceptors (Lipinski definition) is 2. The zero-order chi connectivity index (χ0) is 7.52. The molecule has 0 amide bonds. The van der Waals surface area contributed by atoms with Gasteiger partial charge in [-0.25, -0.2) is 0 Å². The molecule has 0 radical (unpaired) electrons. The van der Waals surface area contributed by atoms with Crippen LogP contribution in [-0.2, 0) is 4.74 Å². The third kappa shape index (κ3) is 1.50. The molecule has 2 aliphatic rings. The van der Waals surface area contributed by atoms with E-state index in [4.69, 9.17) is 4.74 Å². The maximum Gasteiger partial charge on any atom is 0.102 e. The monoisotopic (exact) mass is 153 g/mol. The van der Waals surface area contributed by atoms with Crippen molar-refractivity contribution in [2.24, 2.45) is 0 Å². The van der Waals surface area contributed by atoms with Gasteiger partial charge in [0.05, 0.1) is 6.61 Å². The first-order valence-corrected chi connectivity index (χ1v) is 4.52. The zero-order valence-corrected chi connectivity index (χ0v) is 6.88. The lowest BCUT2D eigenvalue weighted by Gasteiger charge is -2.23. The normalized spacial score (nSPS) is 24.7. The molecular formula is C9H15NO. The van der Waals surface area contributed by atoms with E-state index in [1.807, 2.05) is 6.26 Å². The molecule has 62 valence electrons. The number of ether oxygens (including phenoxy) is 1. The van der Waals surface area contributed by atoms with Crippen LogP contribution in [0.3, 0.4) is 0 Å². The molecule has 11 heavy (non-hydrogen) atoms. The predicted molar refractivity (Wildman–Crippen MR) is 44.1 cm³/mol. The average Bonchev–Trinajstić information content (AvgIpc) is 2.58. The minimum atomic E-state index is 0.914. The lowest BCUT2D eigenvalue weighted by Crippen LogP contribution is -2.20. The molecule has 2 nitrogen and oxygen atoms in total. The highest BCUT2D eigenvalue weighted by atomic mass is 16.5. The van der Waals surface area contributed by atoms with Crippen LogP contribution in [0.4, 0.5) is 0 Å². The summed E-state index contributed by atoms with van der Waals surface area (Å²) < 4.78 is 5.29. The van der Waals surface area contributed by atoms with Crippen LogP contribution in [0.25, 0.3) is 0 Å². The molecule has 0 saturated carbocycles. The Morgan fingerprint density at radius 2 is 2.00 bits per heavy atom. The highest BCUT2D eigenvalue weighted by Gasteiger charge is 2.16. The fraction of sp³-hybridized carbons (Fsp3) is 0.778. The highest BCUT2D eigenvalue weighted by molar-refractivity contribution is 5.01. The molecular weight excluding hydrogens is 138 g/mol. The Morgan fingerprint density at radius 1 is 1.18 bits per heavy atom. The highest BCUT2D eigenvalue weighted by Crippen LogP contribution is 2.20. The summed E-state index contributed by atoms with van der Waals surface area (Å²) >= 11 is 0. The standard InChI is InChI=1S/C9H15NO/c1-2-6-10(5-1)9-4-3-7-11-8-9/h8H,1-7H2. The number of likely N-dealkylation sites (tertiary alicyclic amines) is 1. The van der Waals surface area contributed by atoms with Crippen molar-refractivity contribution in [3.8, 4) is 0 Å². The minimum absolute atomic E-state index is 0.914. The molecule has 0 atom stereocenters. The Hall–Kier alpha value is -0.660. The summed E-state index contributed by atoms with van der Waals surface area (Å²) in [7, 11) is 0. The van der Waals surface area contributed by atoms with Crippen LogP contribution >= 0.6 is 0 Å². The summed E-state index contributed by atoms with van der Waals surface area (Å²) in [5.41, 5.74) is 1.42. The average molecular weight is 153 g/mol. The maximum atomic E-state index is 5.29. The molecule has 0 aliphatic carbocycles. The topological polar surface area (TPSA) is 12.5 Å². The zero-order valence-electron chi connectivity index (χ0n) is 6.88. The van der Waals surface area contributed by atoms with Crippen LogP contribution in [-0.4, -0.2) is 24.6 Å².